The maximum atomic E-state index is 6.36. The predicted octanol–water partition coefficient (Wildman–Crippen LogP) is 8.60. The Morgan fingerprint density at radius 3 is 1.64 bits per heavy atom. The molecule has 0 amide bonds. The van der Waals surface area contributed by atoms with Crippen LogP contribution in [0.1, 0.15) is 113 Å². The summed E-state index contributed by atoms with van der Waals surface area (Å²) in [7, 11) is 0. The van der Waals surface area contributed by atoms with Crippen LogP contribution in [-0.4, -0.2) is 11.9 Å². The maximum Gasteiger partial charge on any atom is 0.208 e. The van der Waals surface area contributed by atoms with E-state index >= 15 is 0 Å². The lowest BCUT2D eigenvalue weighted by Gasteiger charge is -2.35. The fraction of sp³-hybridized carbons (Fsp3) is 0.769. The highest BCUT2D eigenvalue weighted by Crippen LogP contribution is 2.36. The summed E-state index contributed by atoms with van der Waals surface area (Å²) < 4.78 is 12.7. The van der Waals surface area contributed by atoms with Crippen LogP contribution in [0.3, 0.4) is 0 Å². The molecule has 0 saturated carbocycles. The van der Waals surface area contributed by atoms with E-state index in [0.717, 1.165) is 25.0 Å². The zero-order chi connectivity index (χ0) is 22.0. The molecule has 2 heteroatoms. The maximum absolute atomic E-state index is 6.36. The molecular formula is C26H48O2. The highest BCUT2D eigenvalue weighted by Gasteiger charge is 2.31. The SMILES string of the molecule is CCC.CCC(CC)OC(C)(CC(C)C)Oc1ccc(C(C)C(C)(C)C)cc1. The summed E-state index contributed by atoms with van der Waals surface area (Å²) in [5, 5.41) is 0. The van der Waals surface area contributed by atoms with Gasteiger partial charge in [0.25, 0.3) is 0 Å². The van der Waals surface area contributed by atoms with Crippen LogP contribution in [0, 0.1) is 11.3 Å². The molecule has 0 aliphatic carbocycles. The molecule has 0 spiro atoms. The van der Waals surface area contributed by atoms with Gasteiger partial charge in [-0.25, -0.2) is 0 Å². The Labute approximate surface area is 176 Å². The van der Waals surface area contributed by atoms with Crippen LogP contribution in [0.5, 0.6) is 5.75 Å². The first kappa shape index (κ1) is 27.0. The van der Waals surface area contributed by atoms with Gasteiger partial charge >= 0.3 is 0 Å². The number of hydrogen-bond acceptors (Lipinski definition) is 2. The third-order valence-corrected chi connectivity index (χ3v) is 5.12. The van der Waals surface area contributed by atoms with E-state index in [1.54, 1.807) is 0 Å². The van der Waals surface area contributed by atoms with Crippen molar-refractivity contribution in [3.05, 3.63) is 29.8 Å². The van der Waals surface area contributed by atoms with Crippen LogP contribution >= 0.6 is 0 Å². The lowest BCUT2D eigenvalue weighted by Crippen LogP contribution is -2.40. The van der Waals surface area contributed by atoms with Crippen molar-refractivity contribution >= 4 is 0 Å². The molecule has 0 heterocycles. The molecule has 0 fully saturated rings. The molecule has 2 unspecified atom stereocenters. The van der Waals surface area contributed by atoms with Gasteiger partial charge in [-0.3, -0.25) is 0 Å². The van der Waals surface area contributed by atoms with Crippen molar-refractivity contribution in [1.29, 1.82) is 0 Å². The van der Waals surface area contributed by atoms with E-state index in [1.807, 2.05) is 0 Å². The fourth-order valence-corrected chi connectivity index (χ4v) is 3.24. The van der Waals surface area contributed by atoms with Gasteiger partial charge in [0.2, 0.25) is 5.79 Å². The molecule has 0 aliphatic heterocycles. The Kier molecular flexibility index (Phi) is 12.1. The van der Waals surface area contributed by atoms with Crippen LogP contribution < -0.4 is 4.74 Å². The summed E-state index contributed by atoms with van der Waals surface area (Å²) in [6.45, 7) is 24.2. The van der Waals surface area contributed by atoms with Crippen molar-refractivity contribution in [1.82, 2.24) is 0 Å². The Morgan fingerprint density at radius 2 is 1.29 bits per heavy atom. The summed E-state index contributed by atoms with van der Waals surface area (Å²) in [6, 6.07) is 8.56. The van der Waals surface area contributed by atoms with E-state index in [9.17, 15) is 0 Å². The van der Waals surface area contributed by atoms with Crippen LogP contribution in [0.15, 0.2) is 24.3 Å². The quantitative estimate of drug-likeness (QED) is 0.392. The van der Waals surface area contributed by atoms with Gasteiger partial charge in [0.1, 0.15) is 5.75 Å². The average molecular weight is 393 g/mol. The number of benzene rings is 1. The lowest BCUT2D eigenvalue weighted by atomic mass is 9.78. The van der Waals surface area contributed by atoms with Crippen molar-refractivity contribution in [2.24, 2.45) is 11.3 Å². The third-order valence-electron chi connectivity index (χ3n) is 5.12. The minimum absolute atomic E-state index is 0.240. The average Bonchev–Trinajstić information content (AvgIpc) is 2.59. The monoisotopic (exact) mass is 392 g/mol. The number of rotatable bonds is 9. The molecule has 164 valence electrons. The van der Waals surface area contributed by atoms with Crippen LogP contribution in [0.2, 0.25) is 0 Å². The molecule has 1 aromatic carbocycles. The zero-order valence-corrected chi connectivity index (χ0v) is 20.7. The van der Waals surface area contributed by atoms with Gasteiger partial charge in [-0.05, 0) is 47.8 Å². The highest BCUT2D eigenvalue weighted by atomic mass is 16.7. The Balaban J connectivity index is 0.00000227. The minimum Gasteiger partial charge on any atom is -0.463 e. The van der Waals surface area contributed by atoms with Gasteiger partial charge in [-0.1, -0.05) is 87.8 Å². The standard InChI is InChI=1S/C23H40O2.C3H8/c1-10-20(11-2)24-23(9,16-17(3)4)25-21-14-12-19(13-15-21)18(5)22(6,7)8;1-3-2/h12-15,17-18,20H,10-11,16H2,1-9H3;3H2,1-2H3. The van der Waals surface area contributed by atoms with Gasteiger partial charge in [-0.2, -0.15) is 0 Å². The minimum atomic E-state index is -0.581. The molecule has 2 nitrogen and oxygen atoms in total. The van der Waals surface area contributed by atoms with E-state index in [0.29, 0.717) is 11.8 Å². The van der Waals surface area contributed by atoms with E-state index in [4.69, 9.17) is 9.47 Å². The Hall–Kier alpha value is -1.02. The molecule has 1 aromatic rings. The van der Waals surface area contributed by atoms with Crippen LogP contribution in [-0.2, 0) is 4.74 Å². The van der Waals surface area contributed by atoms with Crippen molar-refractivity contribution in [2.75, 3.05) is 0 Å². The van der Waals surface area contributed by atoms with Crippen molar-refractivity contribution < 1.29 is 9.47 Å². The van der Waals surface area contributed by atoms with Gasteiger partial charge in [0.15, 0.2) is 0 Å². The molecule has 0 aliphatic rings. The third kappa shape index (κ3) is 9.96. The van der Waals surface area contributed by atoms with Gasteiger partial charge < -0.3 is 9.47 Å². The van der Waals surface area contributed by atoms with Gasteiger partial charge in [0.05, 0.1) is 6.10 Å². The first-order valence-electron chi connectivity index (χ1n) is 11.4. The van der Waals surface area contributed by atoms with Crippen molar-refractivity contribution in [3.8, 4) is 5.75 Å². The second-order valence-electron chi connectivity index (χ2n) is 9.75. The smallest absolute Gasteiger partial charge is 0.208 e. The molecule has 0 radical (unpaired) electrons. The highest BCUT2D eigenvalue weighted by molar-refractivity contribution is 5.30. The summed E-state index contributed by atoms with van der Waals surface area (Å²) in [5.74, 6) is 1.32. The molecule has 0 saturated heterocycles. The Bertz CT molecular complexity index is 508. The second-order valence-corrected chi connectivity index (χ2v) is 9.75. The number of ether oxygens (including phenoxy) is 2. The molecule has 0 aromatic heterocycles. The lowest BCUT2D eigenvalue weighted by molar-refractivity contribution is -0.209. The first-order valence-corrected chi connectivity index (χ1v) is 11.4. The first-order chi connectivity index (χ1) is 12.9. The van der Waals surface area contributed by atoms with Crippen molar-refractivity contribution in [3.63, 3.8) is 0 Å². The molecule has 0 bridgehead atoms. The van der Waals surface area contributed by atoms with Crippen LogP contribution in [0.25, 0.3) is 0 Å². The summed E-state index contributed by atoms with van der Waals surface area (Å²) in [5.41, 5.74) is 1.61. The topological polar surface area (TPSA) is 18.5 Å². The van der Waals surface area contributed by atoms with E-state index in [1.165, 1.54) is 12.0 Å². The predicted molar refractivity (Wildman–Crippen MR) is 124 cm³/mol. The largest absolute Gasteiger partial charge is 0.463 e. The molecule has 0 N–H and O–H groups in total. The van der Waals surface area contributed by atoms with Crippen molar-refractivity contribution in [2.45, 2.75) is 120 Å². The summed E-state index contributed by atoms with van der Waals surface area (Å²) in [4.78, 5) is 0. The molecule has 2 atom stereocenters. The molecule has 1 rings (SSSR count). The number of hydrogen-bond donors (Lipinski definition) is 0. The molecule has 28 heavy (non-hydrogen) atoms. The summed E-state index contributed by atoms with van der Waals surface area (Å²) >= 11 is 0. The fourth-order valence-electron chi connectivity index (χ4n) is 3.24. The zero-order valence-electron chi connectivity index (χ0n) is 20.7. The van der Waals surface area contributed by atoms with E-state index < -0.39 is 5.79 Å². The van der Waals surface area contributed by atoms with Crippen LogP contribution in [0.4, 0.5) is 0 Å². The second kappa shape index (κ2) is 12.5. The normalized spacial score (nSPS) is 15.0. The molecular weight excluding hydrogens is 344 g/mol. The Morgan fingerprint density at radius 1 is 0.821 bits per heavy atom. The van der Waals surface area contributed by atoms with E-state index in [-0.39, 0.29) is 11.5 Å². The summed E-state index contributed by atoms with van der Waals surface area (Å²) in [6.07, 6.45) is 4.39. The van der Waals surface area contributed by atoms with Gasteiger partial charge in [0, 0.05) is 13.3 Å². The van der Waals surface area contributed by atoms with E-state index in [2.05, 4.69) is 100 Å². The van der Waals surface area contributed by atoms with Gasteiger partial charge in [-0.15, -0.1) is 0 Å².